The van der Waals surface area contributed by atoms with Gasteiger partial charge in [-0.1, -0.05) is 132 Å². The third-order valence-electron chi connectivity index (χ3n) is 14.4. The fraction of sp³-hybridized carbons (Fsp3) is 0.339. The minimum Gasteiger partial charge on any atom is -0.467 e. The highest BCUT2D eigenvalue weighted by atomic mass is 16.7. The van der Waals surface area contributed by atoms with E-state index >= 15 is 0 Å². The second kappa shape index (κ2) is 17.3. The van der Waals surface area contributed by atoms with E-state index in [0.29, 0.717) is 39.4 Å². The number of methoxy groups -OCH3 is 1. The molecular formula is C56H55N3O7. The quantitative estimate of drug-likeness (QED) is 0.0310. The van der Waals surface area contributed by atoms with E-state index in [0.717, 1.165) is 113 Å². The van der Waals surface area contributed by atoms with Gasteiger partial charge in [0.25, 0.3) is 23.6 Å². The summed E-state index contributed by atoms with van der Waals surface area (Å²) in [6.07, 6.45) is 10.6. The van der Waals surface area contributed by atoms with Gasteiger partial charge >= 0.3 is 5.97 Å². The number of amides is 4. The predicted octanol–water partition coefficient (Wildman–Crippen LogP) is 12.3. The summed E-state index contributed by atoms with van der Waals surface area (Å²) in [6.45, 7) is 6.17. The molecule has 0 aliphatic carbocycles. The van der Waals surface area contributed by atoms with Crippen molar-refractivity contribution in [1.29, 1.82) is 0 Å². The number of hydrogen-bond acceptors (Lipinski definition) is 8. The minimum absolute atomic E-state index is 0.0664. The van der Waals surface area contributed by atoms with Crippen LogP contribution >= 0.6 is 0 Å². The Morgan fingerprint density at radius 2 is 1.11 bits per heavy atom. The van der Waals surface area contributed by atoms with Gasteiger partial charge in [0.15, 0.2) is 5.60 Å². The van der Waals surface area contributed by atoms with Gasteiger partial charge in [-0.05, 0) is 99.6 Å². The van der Waals surface area contributed by atoms with Crippen LogP contribution in [0.1, 0.15) is 150 Å². The molecule has 3 aliphatic rings. The first-order chi connectivity index (χ1) is 32.1. The Morgan fingerprint density at radius 1 is 0.621 bits per heavy atom. The van der Waals surface area contributed by atoms with Crippen molar-refractivity contribution in [3.63, 3.8) is 0 Å². The van der Waals surface area contributed by atoms with Gasteiger partial charge in [0, 0.05) is 45.5 Å². The first kappa shape index (κ1) is 43.3. The van der Waals surface area contributed by atoms with Crippen molar-refractivity contribution in [3.05, 3.63) is 137 Å². The van der Waals surface area contributed by atoms with Gasteiger partial charge in [0.2, 0.25) is 0 Å². The summed E-state index contributed by atoms with van der Waals surface area (Å²) in [5.74, 6) is -1.66. The molecule has 4 amide bonds. The molecule has 0 N–H and O–H groups in total. The molecule has 0 aromatic heterocycles. The van der Waals surface area contributed by atoms with Crippen LogP contribution in [0.25, 0.3) is 43.1 Å². The molecule has 10 heteroatoms. The summed E-state index contributed by atoms with van der Waals surface area (Å²) in [7, 11) is 1.35. The van der Waals surface area contributed by atoms with E-state index in [2.05, 4.69) is 13.8 Å². The lowest BCUT2D eigenvalue weighted by molar-refractivity contribution is -0.163. The molecule has 0 bridgehead atoms. The number of fused-ring (bicyclic) bond motifs is 2. The summed E-state index contributed by atoms with van der Waals surface area (Å²) in [5, 5.41) is 8.20. The highest BCUT2D eigenvalue weighted by Gasteiger charge is 2.50. The van der Waals surface area contributed by atoms with Gasteiger partial charge in [-0.15, -0.1) is 0 Å². The molecule has 1 unspecified atom stereocenters. The van der Waals surface area contributed by atoms with E-state index < -0.39 is 11.6 Å². The molecule has 1 saturated heterocycles. The average Bonchev–Trinajstić information content (AvgIpc) is 3.71. The highest BCUT2D eigenvalue weighted by Crippen LogP contribution is 2.48. The number of hydrogen-bond donors (Lipinski definition) is 0. The molecular weight excluding hydrogens is 827 g/mol. The van der Waals surface area contributed by atoms with Gasteiger partial charge in [-0.3, -0.25) is 33.8 Å². The van der Waals surface area contributed by atoms with Crippen molar-refractivity contribution < 1.29 is 33.5 Å². The highest BCUT2D eigenvalue weighted by molar-refractivity contribution is 6.41. The van der Waals surface area contributed by atoms with Gasteiger partial charge in [-0.2, -0.15) is 0 Å². The molecule has 336 valence electrons. The zero-order chi connectivity index (χ0) is 45.9. The van der Waals surface area contributed by atoms with Crippen LogP contribution in [-0.4, -0.2) is 58.2 Å². The Morgan fingerprint density at radius 3 is 1.58 bits per heavy atom. The maximum Gasteiger partial charge on any atom is 0.340 e. The van der Waals surface area contributed by atoms with Crippen molar-refractivity contribution in [2.45, 2.75) is 116 Å². The van der Waals surface area contributed by atoms with Crippen LogP contribution in [0.5, 0.6) is 0 Å². The zero-order valence-corrected chi connectivity index (χ0v) is 38.2. The van der Waals surface area contributed by atoms with Crippen LogP contribution < -0.4 is 5.06 Å². The number of benzene rings is 7. The molecule has 10 nitrogen and oxygen atoms in total. The largest absolute Gasteiger partial charge is 0.467 e. The van der Waals surface area contributed by atoms with Gasteiger partial charge in [-0.25, -0.2) is 9.86 Å². The Bertz CT molecular complexity index is 2940. The molecule has 0 radical (unpaired) electrons. The van der Waals surface area contributed by atoms with Crippen LogP contribution in [0.15, 0.2) is 103 Å². The Labute approximate surface area is 384 Å². The number of imide groups is 2. The lowest BCUT2D eigenvalue weighted by Crippen LogP contribution is -2.47. The predicted molar refractivity (Wildman–Crippen MR) is 258 cm³/mol. The van der Waals surface area contributed by atoms with Crippen molar-refractivity contribution in [2.75, 3.05) is 12.2 Å². The van der Waals surface area contributed by atoms with E-state index in [4.69, 9.17) is 9.57 Å². The topological polar surface area (TPSA) is 114 Å². The third kappa shape index (κ3) is 6.99. The first-order valence-electron chi connectivity index (χ1n) is 23.7. The number of rotatable bonds is 16. The summed E-state index contributed by atoms with van der Waals surface area (Å²) < 4.78 is 5.10. The van der Waals surface area contributed by atoms with Gasteiger partial charge < -0.3 is 4.74 Å². The first-order valence-corrected chi connectivity index (χ1v) is 23.7. The minimum atomic E-state index is -1.19. The number of ether oxygens (including phenoxy) is 1. The second-order valence-electron chi connectivity index (χ2n) is 18.6. The summed E-state index contributed by atoms with van der Waals surface area (Å²) in [5.41, 5.74) is 3.28. The smallest absolute Gasteiger partial charge is 0.340 e. The number of unbranched alkanes of at least 4 members (excludes halogenated alkanes) is 6. The lowest BCUT2D eigenvalue weighted by Gasteiger charge is -2.35. The fourth-order valence-electron chi connectivity index (χ4n) is 11.0. The van der Waals surface area contributed by atoms with Crippen LogP contribution in [-0.2, 0) is 20.9 Å². The summed E-state index contributed by atoms with van der Waals surface area (Å²) >= 11 is 0. The lowest BCUT2D eigenvalue weighted by atomic mass is 9.82. The van der Waals surface area contributed by atoms with E-state index in [1.807, 2.05) is 103 Å². The molecule has 2 atom stereocenters. The molecule has 1 fully saturated rings. The van der Waals surface area contributed by atoms with Crippen LogP contribution in [0.3, 0.4) is 0 Å². The SMILES string of the molecule is CCCCCCC(CCCCCC)N1C(=O)c2ccc3c4ccc5c6c(ccc(c7ccc(c2c37)C1=O)c64)C(=O)N(Cc1ccc(C2C[C@@](C)(C(=O)OC)ON2c2ccccc2)cc1)C5=O. The number of anilines is 1. The maximum absolute atomic E-state index is 14.6. The van der Waals surface area contributed by atoms with Crippen molar-refractivity contribution in [3.8, 4) is 0 Å². The zero-order valence-electron chi connectivity index (χ0n) is 38.2. The molecule has 3 heterocycles. The Hall–Kier alpha value is -6.65. The fourth-order valence-corrected chi connectivity index (χ4v) is 11.0. The monoisotopic (exact) mass is 881 g/mol. The number of para-hydroxylation sites is 1. The number of esters is 1. The van der Waals surface area contributed by atoms with E-state index in [-0.39, 0.29) is 42.3 Å². The van der Waals surface area contributed by atoms with Crippen molar-refractivity contribution in [1.82, 2.24) is 9.80 Å². The molecule has 66 heavy (non-hydrogen) atoms. The third-order valence-corrected chi connectivity index (χ3v) is 14.4. The van der Waals surface area contributed by atoms with Crippen molar-refractivity contribution in [2.24, 2.45) is 0 Å². The number of carbonyl (C=O) groups is 5. The molecule has 0 spiro atoms. The normalized spacial score (nSPS) is 18.4. The van der Waals surface area contributed by atoms with Crippen LogP contribution in [0, 0.1) is 0 Å². The van der Waals surface area contributed by atoms with E-state index in [9.17, 15) is 24.0 Å². The van der Waals surface area contributed by atoms with Gasteiger partial charge in [0.1, 0.15) is 0 Å². The molecule has 7 aromatic rings. The Kier molecular flexibility index (Phi) is 11.3. The molecule has 7 aromatic carbocycles. The molecule has 3 aliphatic heterocycles. The van der Waals surface area contributed by atoms with Crippen LogP contribution in [0.2, 0.25) is 0 Å². The summed E-state index contributed by atoms with van der Waals surface area (Å²) in [4.78, 5) is 80.1. The maximum atomic E-state index is 14.6. The molecule has 10 rings (SSSR count). The standard InChI is InChI=1S/C56H55N3O7/c1-5-7-9-12-16-36(17-13-10-8-6-2)58-53(62)44-30-26-40-38-24-28-42-49-43(29-25-39(47(38)49)41-27-31-45(54(58)63)50(44)48(40)41)52(61)57(51(42)60)33-34-20-22-35(23-21-34)46-32-56(3,55(64)65-4)66-59(46)37-18-14-11-15-19-37/h11,14-15,18-31,36,46H,5-10,12-13,16-17,32-33H2,1-4H3/t46?,56-/m0/s1. The molecule has 0 saturated carbocycles. The van der Waals surface area contributed by atoms with E-state index in [1.54, 1.807) is 16.9 Å². The van der Waals surface area contributed by atoms with Gasteiger partial charge in [0.05, 0.1) is 25.4 Å². The van der Waals surface area contributed by atoms with Crippen molar-refractivity contribution >= 4 is 78.4 Å². The Balaban J connectivity index is 0.967. The second-order valence-corrected chi connectivity index (χ2v) is 18.6. The van der Waals surface area contributed by atoms with Crippen LogP contribution in [0.4, 0.5) is 5.69 Å². The number of carbonyl (C=O) groups excluding carboxylic acids is 5. The number of nitrogens with zero attached hydrogens (tertiary/aromatic N) is 3. The average molecular weight is 882 g/mol. The summed E-state index contributed by atoms with van der Waals surface area (Å²) in [6, 6.07) is 32.1. The number of hydroxylamine groups is 1. The van der Waals surface area contributed by atoms with E-state index in [1.165, 1.54) is 12.0 Å².